The summed E-state index contributed by atoms with van der Waals surface area (Å²) in [6, 6.07) is 26.2. The molecule has 1 aliphatic heterocycles. The van der Waals surface area contributed by atoms with Crippen LogP contribution in [0.1, 0.15) is 28.3 Å². The third-order valence-corrected chi connectivity index (χ3v) is 5.62. The fourth-order valence-electron chi connectivity index (χ4n) is 4.46. The fourth-order valence-corrected chi connectivity index (χ4v) is 4.46. The number of methoxy groups -OCH3 is 2. The van der Waals surface area contributed by atoms with Crippen LogP contribution in [0.2, 0.25) is 0 Å². The summed E-state index contributed by atoms with van der Waals surface area (Å²) in [5.41, 5.74) is 5.37. The van der Waals surface area contributed by atoms with Gasteiger partial charge in [-0.1, -0.05) is 60.7 Å². The van der Waals surface area contributed by atoms with Crippen molar-refractivity contribution in [2.75, 3.05) is 21.3 Å². The smallest absolute Gasteiger partial charge is 0.161 e. The lowest BCUT2D eigenvalue weighted by Crippen LogP contribution is -2.42. The Morgan fingerprint density at radius 1 is 0.704 bits per heavy atom. The van der Waals surface area contributed by atoms with Gasteiger partial charge in [0.2, 0.25) is 0 Å². The van der Waals surface area contributed by atoms with E-state index < -0.39 is 0 Å². The van der Waals surface area contributed by atoms with Gasteiger partial charge in [0.1, 0.15) is 19.1 Å². The van der Waals surface area contributed by atoms with E-state index in [4.69, 9.17) is 9.47 Å². The van der Waals surface area contributed by atoms with E-state index in [0.717, 1.165) is 29.1 Å². The predicted octanol–water partition coefficient (Wildman–Crippen LogP) is 4.95. The van der Waals surface area contributed by atoms with E-state index in [1.165, 1.54) is 22.3 Å². The summed E-state index contributed by atoms with van der Waals surface area (Å²) in [5.74, 6) is 1.61. The topological polar surface area (TPSA) is 18.5 Å². The largest absolute Gasteiger partial charge is 0.493 e. The number of hydrogen-bond donors (Lipinski definition) is 0. The van der Waals surface area contributed by atoms with Crippen LogP contribution in [0.4, 0.5) is 0 Å². The highest BCUT2D eigenvalue weighted by atomic mass is 16.5. The van der Waals surface area contributed by atoms with Gasteiger partial charge in [-0.05, 0) is 12.1 Å². The fraction of sp³-hybridized carbons (Fsp3) is 0.250. The molecule has 3 nitrogen and oxygen atoms in total. The van der Waals surface area contributed by atoms with Gasteiger partial charge in [-0.3, -0.25) is 0 Å². The molecule has 0 amide bonds. The summed E-state index contributed by atoms with van der Waals surface area (Å²) >= 11 is 0. The molecule has 0 N–H and O–H groups in total. The number of hydrogen-bond acceptors (Lipinski definition) is 2. The van der Waals surface area contributed by atoms with Gasteiger partial charge in [0.05, 0.1) is 21.3 Å². The number of nitrogens with zero attached hydrogens (tertiary/aromatic N) is 1. The second kappa shape index (κ2) is 7.09. The molecule has 1 heterocycles. The van der Waals surface area contributed by atoms with Gasteiger partial charge in [-0.2, -0.15) is 0 Å². The molecule has 0 atom stereocenters. The first-order chi connectivity index (χ1) is 13.1. The van der Waals surface area contributed by atoms with Crippen LogP contribution in [0, 0.1) is 0 Å². The van der Waals surface area contributed by atoms with Crippen molar-refractivity contribution in [2.24, 2.45) is 0 Å². The predicted molar refractivity (Wildman–Crippen MR) is 108 cm³/mol. The molecule has 3 aromatic carbocycles. The van der Waals surface area contributed by atoms with Crippen molar-refractivity contribution in [1.82, 2.24) is 0 Å². The second-order valence-corrected chi connectivity index (χ2v) is 7.50. The highest BCUT2D eigenvalue weighted by Crippen LogP contribution is 2.44. The Morgan fingerprint density at radius 2 is 1.11 bits per heavy atom. The minimum Gasteiger partial charge on any atom is -0.493 e. The first-order valence-corrected chi connectivity index (χ1v) is 9.32. The van der Waals surface area contributed by atoms with Crippen LogP contribution in [0.3, 0.4) is 0 Å². The van der Waals surface area contributed by atoms with E-state index in [2.05, 4.69) is 79.8 Å². The van der Waals surface area contributed by atoms with Gasteiger partial charge in [0.15, 0.2) is 11.5 Å². The zero-order valence-electron chi connectivity index (χ0n) is 16.2. The molecule has 3 aromatic rings. The molecule has 0 bridgehead atoms. The van der Waals surface area contributed by atoms with Gasteiger partial charge in [0.25, 0.3) is 0 Å². The van der Waals surface area contributed by atoms with Crippen LogP contribution >= 0.6 is 0 Å². The summed E-state index contributed by atoms with van der Waals surface area (Å²) < 4.78 is 12.0. The number of rotatable bonds is 5. The quantitative estimate of drug-likeness (QED) is 0.599. The van der Waals surface area contributed by atoms with Crippen LogP contribution in [-0.2, 0) is 13.1 Å². The lowest BCUT2D eigenvalue weighted by atomic mass is 9.95. The summed E-state index contributed by atoms with van der Waals surface area (Å²) in [6.07, 6.45) is 0. The highest BCUT2D eigenvalue weighted by Gasteiger charge is 2.41. The van der Waals surface area contributed by atoms with Gasteiger partial charge in [-0.15, -0.1) is 0 Å². The SMILES string of the molecule is COc1cc2c(cc1OC)C[N+](C)(C(c1ccccc1)c1ccccc1)C2. The summed E-state index contributed by atoms with van der Waals surface area (Å²) in [7, 11) is 5.75. The van der Waals surface area contributed by atoms with Crippen LogP contribution in [0.15, 0.2) is 72.8 Å². The van der Waals surface area contributed by atoms with Crippen molar-refractivity contribution in [1.29, 1.82) is 0 Å². The van der Waals surface area contributed by atoms with Crippen LogP contribution < -0.4 is 9.47 Å². The molecule has 3 heteroatoms. The van der Waals surface area contributed by atoms with Crippen LogP contribution in [0.5, 0.6) is 11.5 Å². The first kappa shape index (κ1) is 17.6. The van der Waals surface area contributed by atoms with Crippen LogP contribution in [-0.4, -0.2) is 25.8 Å². The van der Waals surface area contributed by atoms with Crippen molar-refractivity contribution in [3.8, 4) is 11.5 Å². The van der Waals surface area contributed by atoms with Gasteiger partial charge in [0, 0.05) is 22.3 Å². The molecule has 0 radical (unpaired) electrons. The Hall–Kier alpha value is -2.78. The average molecular weight is 360 g/mol. The lowest BCUT2D eigenvalue weighted by molar-refractivity contribution is -0.952. The third kappa shape index (κ3) is 3.19. The Labute approximate surface area is 161 Å². The molecule has 0 aliphatic carbocycles. The molecular formula is C24H26NO2+. The second-order valence-electron chi connectivity index (χ2n) is 7.50. The average Bonchev–Trinajstić information content (AvgIpc) is 3.04. The molecular weight excluding hydrogens is 334 g/mol. The van der Waals surface area contributed by atoms with Crippen molar-refractivity contribution in [3.05, 3.63) is 95.1 Å². The van der Waals surface area contributed by atoms with E-state index in [1.54, 1.807) is 14.2 Å². The minimum atomic E-state index is 0.275. The van der Waals surface area contributed by atoms with Crippen LogP contribution in [0.25, 0.3) is 0 Å². The molecule has 0 unspecified atom stereocenters. The van der Waals surface area contributed by atoms with E-state index in [9.17, 15) is 0 Å². The molecule has 138 valence electrons. The van der Waals surface area contributed by atoms with E-state index in [0.29, 0.717) is 0 Å². The molecule has 1 aliphatic rings. The molecule has 27 heavy (non-hydrogen) atoms. The molecule has 0 aromatic heterocycles. The Morgan fingerprint density at radius 3 is 1.48 bits per heavy atom. The maximum absolute atomic E-state index is 5.53. The Balaban J connectivity index is 1.79. The van der Waals surface area contributed by atoms with Crippen molar-refractivity contribution in [2.45, 2.75) is 19.1 Å². The monoisotopic (exact) mass is 360 g/mol. The van der Waals surface area contributed by atoms with Gasteiger partial charge >= 0.3 is 0 Å². The first-order valence-electron chi connectivity index (χ1n) is 9.32. The van der Waals surface area contributed by atoms with Crippen molar-refractivity contribution in [3.63, 3.8) is 0 Å². The number of fused-ring (bicyclic) bond motifs is 1. The number of ether oxygens (including phenoxy) is 2. The summed E-state index contributed by atoms with van der Waals surface area (Å²) in [4.78, 5) is 0. The minimum absolute atomic E-state index is 0.275. The van der Waals surface area contributed by atoms with E-state index >= 15 is 0 Å². The normalized spacial score (nSPS) is 14.8. The maximum atomic E-state index is 5.53. The Bertz CT molecular complexity index is 849. The number of quaternary nitrogens is 1. The molecule has 0 saturated heterocycles. The molecule has 4 rings (SSSR count). The Kier molecular flexibility index (Phi) is 4.63. The van der Waals surface area contributed by atoms with Crippen molar-refractivity contribution < 1.29 is 14.0 Å². The molecule has 0 saturated carbocycles. The molecule has 0 fully saturated rings. The van der Waals surface area contributed by atoms with Gasteiger partial charge < -0.3 is 14.0 Å². The van der Waals surface area contributed by atoms with E-state index in [1.807, 2.05) is 0 Å². The third-order valence-electron chi connectivity index (χ3n) is 5.62. The lowest BCUT2D eigenvalue weighted by Gasteiger charge is -2.38. The summed E-state index contributed by atoms with van der Waals surface area (Å²) in [6.45, 7) is 1.92. The number of benzene rings is 3. The van der Waals surface area contributed by atoms with Gasteiger partial charge in [-0.25, -0.2) is 0 Å². The molecule has 0 spiro atoms. The van der Waals surface area contributed by atoms with E-state index in [-0.39, 0.29) is 6.04 Å². The highest BCUT2D eigenvalue weighted by molar-refractivity contribution is 5.48. The zero-order valence-corrected chi connectivity index (χ0v) is 16.2. The maximum Gasteiger partial charge on any atom is 0.161 e. The summed E-state index contributed by atoms with van der Waals surface area (Å²) in [5, 5.41) is 0. The van der Waals surface area contributed by atoms with Crippen molar-refractivity contribution >= 4 is 0 Å². The zero-order chi connectivity index (χ0) is 18.9. The standard InChI is InChI=1S/C24H26NO2/c1-25(16-20-14-22(26-2)23(27-3)15-21(20)17-25)24(18-10-6-4-7-11-18)19-12-8-5-9-13-19/h4-15,24H,16-17H2,1-3H3/q+1.